The van der Waals surface area contributed by atoms with Crippen LogP contribution in [0.5, 0.6) is 0 Å². The molecule has 0 saturated carbocycles. The minimum atomic E-state index is -0.0898. The van der Waals surface area contributed by atoms with Crippen molar-refractivity contribution in [1.82, 2.24) is 39.2 Å². The molecule has 12 heteroatoms. The maximum atomic E-state index is 13.0. The molecule has 11 nitrogen and oxygen atoms in total. The van der Waals surface area contributed by atoms with Crippen molar-refractivity contribution in [3.63, 3.8) is 0 Å². The highest BCUT2D eigenvalue weighted by molar-refractivity contribution is 7.03. The van der Waals surface area contributed by atoms with Crippen molar-refractivity contribution >= 4 is 51.5 Å². The van der Waals surface area contributed by atoms with Crippen LogP contribution in [0.2, 0.25) is 0 Å². The second-order valence-electron chi connectivity index (χ2n) is 8.03. The number of piperazine rings is 1. The van der Waals surface area contributed by atoms with Crippen molar-refractivity contribution in [3.05, 3.63) is 71.2 Å². The standard InChI is InChI=1S/C23H19N9O2S/c33-22(30-10-12-31(13-11-30)23(34)18-9-14-35-27-18)15-5-7-16(8-6-15)24-20-21-26-28-29-32(21)19-4-2-1-3-17(19)25-20/h1-9,14H,10-13H2,(H,24,25). The normalized spacial score (nSPS) is 13.9. The Morgan fingerprint density at radius 3 is 2.37 bits per heavy atom. The number of aromatic nitrogens is 6. The van der Waals surface area contributed by atoms with Crippen molar-refractivity contribution < 1.29 is 9.59 Å². The number of hydrogen-bond donors (Lipinski definition) is 1. The van der Waals surface area contributed by atoms with Crippen molar-refractivity contribution in [1.29, 1.82) is 0 Å². The van der Waals surface area contributed by atoms with Crippen LogP contribution in [0.15, 0.2) is 60.0 Å². The fourth-order valence-electron chi connectivity index (χ4n) is 4.10. The molecular weight excluding hydrogens is 466 g/mol. The van der Waals surface area contributed by atoms with Crippen molar-refractivity contribution in [3.8, 4) is 0 Å². The van der Waals surface area contributed by atoms with E-state index in [4.69, 9.17) is 0 Å². The lowest BCUT2D eigenvalue weighted by Gasteiger charge is -2.34. The van der Waals surface area contributed by atoms with E-state index in [-0.39, 0.29) is 11.8 Å². The Hall–Kier alpha value is -4.45. The van der Waals surface area contributed by atoms with Crippen LogP contribution in [-0.2, 0) is 0 Å². The van der Waals surface area contributed by atoms with E-state index in [9.17, 15) is 9.59 Å². The van der Waals surface area contributed by atoms with Gasteiger partial charge in [0.25, 0.3) is 11.8 Å². The molecule has 1 aliphatic rings. The zero-order chi connectivity index (χ0) is 23.8. The summed E-state index contributed by atoms with van der Waals surface area (Å²) in [5.74, 6) is 0.368. The fourth-order valence-corrected chi connectivity index (χ4v) is 4.61. The molecule has 1 aliphatic heterocycles. The van der Waals surface area contributed by atoms with E-state index in [2.05, 4.69) is 30.2 Å². The van der Waals surface area contributed by atoms with Gasteiger partial charge in [0, 0.05) is 42.8 Å². The Balaban J connectivity index is 1.14. The van der Waals surface area contributed by atoms with Gasteiger partial charge in [-0.25, -0.2) is 4.98 Å². The first-order valence-corrected chi connectivity index (χ1v) is 11.8. The van der Waals surface area contributed by atoms with Gasteiger partial charge in [-0.2, -0.15) is 8.89 Å². The first-order valence-electron chi connectivity index (χ1n) is 11.0. The fraction of sp³-hybridized carbons (Fsp3) is 0.174. The molecule has 2 amide bonds. The third-order valence-electron chi connectivity index (χ3n) is 5.93. The summed E-state index contributed by atoms with van der Waals surface area (Å²) in [6, 6.07) is 16.5. The molecule has 1 N–H and O–H groups in total. The van der Waals surface area contributed by atoms with E-state index in [1.165, 1.54) is 11.5 Å². The van der Waals surface area contributed by atoms with Gasteiger partial charge in [0.15, 0.2) is 5.82 Å². The lowest BCUT2D eigenvalue weighted by molar-refractivity contribution is 0.0533. The Morgan fingerprint density at radius 1 is 0.886 bits per heavy atom. The van der Waals surface area contributed by atoms with E-state index < -0.39 is 0 Å². The summed E-state index contributed by atoms with van der Waals surface area (Å²) >= 11 is 1.26. The van der Waals surface area contributed by atoms with E-state index in [1.807, 2.05) is 36.4 Å². The Kier molecular flexibility index (Phi) is 5.26. The minimum Gasteiger partial charge on any atom is -0.337 e. The number of benzene rings is 2. The number of para-hydroxylation sites is 2. The molecule has 1 saturated heterocycles. The molecule has 0 unspecified atom stereocenters. The number of amides is 2. The Bertz CT molecular complexity index is 1520. The molecule has 0 atom stereocenters. The predicted octanol–water partition coefficient (Wildman–Crippen LogP) is 2.47. The van der Waals surface area contributed by atoms with Crippen molar-refractivity contribution in [2.24, 2.45) is 0 Å². The lowest BCUT2D eigenvalue weighted by atomic mass is 10.1. The molecule has 0 aliphatic carbocycles. The van der Waals surface area contributed by atoms with Crippen LogP contribution < -0.4 is 5.32 Å². The van der Waals surface area contributed by atoms with Gasteiger partial charge < -0.3 is 15.1 Å². The zero-order valence-corrected chi connectivity index (χ0v) is 19.2. The SMILES string of the molecule is O=C(c1ccc(Nc2nc3ccccc3n3nnnc23)cc1)N1CCN(C(=O)c2ccsn2)CC1. The highest BCUT2D eigenvalue weighted by atomic mass is 32.1. The van der Waals surface area contributed by atoms with Crippen LogP contribution in [0, 0.1) is 0 Å². The largest absolute Gasteiger partial charge is 0.337 e. The maximum Gasteiger partial charge on any atom is 0.273 e. The summed E-state index contributed by atoms with van der Waals surface area (Å²) in [7, 11) is 0. The molecule has 174 valence electrons. The molecule has 1 fully saturated rings. The van der Waals surface area contributed by atoms with Gasteiger partial charge in [-0.15, -0.1) is 5.10 Å². The Morgan fingerprint density at radius 2 is 1.63 bits per heavy atom. The lowest BCUT2D eigenvalue weighted by Crippen LogP contribution is -2.50. The second kappa shape index (κ2) is 8.72. The van der Waals surface area contributed by atoms with E-state index >= 15 is 0 Å². The molecule has 5 aromatic rings. The van der Waals surface area contributed by atoms with Crippen LogP contribution in [0.1, 0.15) is 20.8 Å². The van der Waals surface area contributed by atoms with E-state index in [0.717, 1.165) is 16.7 Å². The van der Waals surface area contributed by atoms with Crippen molar-refractivity contribution in [2.75, 3.05) is 31.5 Å². The molecule has 35 heavy (non-hydrogen) atoms. The Labute approximate surface area is 203 Å². The second-order valence-corrected chi connectivity index (χ2v) is 8.70. The summed E-state index contributed by atoms with van der Waals surface area (Å²) < 4.78 is 5.75. The third kappa shape index (κ3) is 3.93. The van der Waals surface area contributed by atoms with Crippen molar-refractivity contribution in [2.45, 2.75) is 0 Å². The van der Waals surface area contributed by atoms with Gasteiger partial charge in [-0.05, 0) is 64.4 Å². The summed E-state index contributed by atoms with van der Waals surface area (Å²) in [4.78, 5) is 33.6. The zero-order valence-electron chi connectivity index (χ0n) is 18.4. The molecule has 4 heterocycles. The summed E-state index contributed by atoms with van der Waals surface area (Å²) in [6.07, 6.45) is 0. The first kappa shape index (κ1) is 21.1. The quantitative estimate of drug-likeness (QED) is 0.412. The molecule has 0 radical (unpaired) electrons. The van der Waals surface area contributed by atoms with Crippen LogP contribution in [0.3, 0.4) is 0 Å². The number of fused-ring (bicyclic) bond motifs is 3. The highest BCUT2D eigenvalue weighted by Gasteiger charge is 2.26. The van der Waals surface area contributed by atoms with Gasteiger partial charge in [0.05, 0.1) is 11.0 Å². The predicted molar refractivity (Wildman–Crippen MR) is 130 cm³/mol. The number of nitrogens with zero attached hydrogens (tertiary/aromatic N) is 8. The molecule has 3 aromatic heterocycles. The average molecular weight is 486 g/mol. The number of carbonyl (C=O) groups is 2. The minimum absolute atomic E-state index is 0.0646. The highest BCUT2D eigenvalue weighted by Crippen LogP contribution is 2.23. The summed E-state index contributed by atoms with van der Waals surface area (Å²) in [6.45, 7) is 1.93. The maximum absolute atomic E-state index is 13.0. The first-order chi connectivity index (χ1) is 17.2. The summed E-state index contributed by atoms with van der Waals surface area (Å²) in [5, 5.41) is 17.0. The monoisotopic (exact) mass is 485 g/mol. The van der Waals surface area contributed by atoms with Gasteiger partial charge in [0.2, 0.25) is 5.65 Å². The molecule has 6 rings (SSSR count). The third-order valence-corrected chi connectivity index (χ3v) is 6.49. The van der Waals surface area contributed by atoms with Crippen LogP contribution in [0.25, 0.3) is 16.7 Å². The molecule has 0 spiro atoms. The molecule has 2 aromatic carbocycles. The molecular formula is C23H19N9O2S. The van der Waals surface area contributed by atoms with Gasteiger partial charge in [-0.3, -0.25) is 9.59 Å². The number of rotatable bonds is 4. The van der Waals surface area contributed by atoms with Gasteiger partial charge in [0.1, 0.15) is 5.69 Å². The number of hydrogen-bond acceptors (Lipinski definition) is 9. The smallest absolute Gasteiger partial charge is 0.273 e. The number of tetrazole rings is 1. The number of carbonyl (C=O) groups excluding carboxylic acids is 2. The van der Waals surface area contributed by atoms with Crippen LogP contribution in [0.4, 0.5) is 11.5 Å². The average Bonchev–Trinajstić information content (AvgIpc) is 3.62. The van der Waals surface area contributed by atoms with Gasteiger partial charge in [-0.1, -0.05) is 12.1 Å². The van der Waals surface area contributed by atoms with Crippen LogP contribution >= 0.6 is 11.5 Å². The number of nitrogens with one attached hydrogen (secondary N) is 1. The van der Waals surface area contributed by atoms with Crippen LogP contribution in [-0.4, -0.2) is 77.2 Å². The van der Waals surface area contributed by atoms with Gasteiger partial charge >= 0.3 is 0 Å². The van der Waals surface area contributed by atoms with E-state index in [0.29, 0.717) is 48.9 Å². The van der Waals surface area contributed by atoms with E-state index in [1.54, 1.807) is 37.9 Å². The topological polar surface area (TPSA) is 122 Å². The number of anilines is 2. The summed E-state index contributed by atoms with van der Waals surface area (Å²) in [5.41, 5.74) is 3.87. The molecule has 0 bridgehead atoms.